The van der Waals surface area contributed by atoms with Crippen LogP contribution in [-0.4, -0.2) is 5.24 Å². The molecule has 0 aliphatic rings. The van der Waals surface area contributed by atoms with E-state index in [1.54, 1.807) is 0 Å². The Morgan fingerprint density at radius 3 is 2.43 bits per heavy atom. The number of allylic oxidation sites excluding steroid dienone is 1. The molecule has 0 heterocycles. The van der Waals surface area contributed by atoms with Crippen LogP contribution in [0.1, 0.15) is 6.42 Å². The van der Waals surface area contributed by atoms with Crippen molar-refractivity contribution in [2.24, 2.45) is 0 Å². The summed E-state index contributed by atoms with van der Waals surface area (Å²) in [6, 6.07) is 0. The summed E-state index contributed by atoms with van der Waals surface area (Å²) >= 11 is 9.96. The summed E-state index contributed by atoms with van der Waals surface area (Å²) in [7, 11) is 0. The molecular formula is C4H4Cl2O. The van der Waals surface area contributed by atoms with Crippen molar-refractivity contribution in [3.63, 3.8) is 0 Å². The van der Waals surface area contributed by atoms with Gasteiger partial charge < -0.3 is 0 Å². The molecule has 0 fully saturated rings. The Kier molecular flexibility index (Phi) is 4.15. The van der Waals surface area contributed by atoms with E-state index in [0.29, 0.717) is 0 Å². The van der Waals surface area contributed by atoms with Gasteiger partial charge in [0.15, 0.2) is 0 Å². The molecule has 0 radical (unpaired) electrons. The Morgan fingerprint density at radius 2 is 2.29 bits per heavy atom. The molecule has 0 aromatic rings. The van der Waals surface area contributed by atoms with E-state index in [2.05, 4.69) is 0 Å². The largest absolute Gasteiger partial charge is 0.281 e. The van der Waals surface area contributed by atoms with Gasteiger partial charge in [-0.2, -0.15) is 0 Å². The molecule has 0 aliphatic heterocycles. The highest BCUT2D eigenvalue weighted by Crippen LogP contribution is 1.90. The highest BCUT2D eigenvalue weighted by atomic mass is 35.5. The van der Waals surface area contributed by atoms with Crippen molar-refractivity contribution in [2.75, 3.05) is 0 Å². The van der Waals surface area contributed by atoms with Crippen LogP contribution in [0.3, 0.4) is 0 Å². The second kappa shape index (κ2) is 4.16. The van der Waals surface area contributed by atoms with Gasteiger partial charge in [0.05, 0.1) is 0 Å². The molecule has 3 heteroatoms. The third-order valence-corrected chi connectivity index (χ3v) is 0.700. The number of halogens is 2. The Bertz CT molecular complexity index is 87.7. The van der Waals surface area contributed by atoms with Gasteiger partial charge in [0.2, 0.25) is 5.24 Å². The van der Waals surface area contributed by atoms with Gasteiger partial charge in [0.1, 0.15) is 0 Å². The van der Waals surface area contributed by atoms with E-state index in [4.69, 9.17) is 23.2 Å². The Morgan fingerprint density at radius 1 is 1.71 bits per heavy atom. The zero-order chi connectivity index (χ0) is 5.70. The molecule has 0 spiro atoms. The Balaban J connectivity index is 3.14. The highest BCUT2D eigenvalue weighted by Gasteiger charge is 1.85. The quantitative estimate of drug-likeness (QED) is 0.534. The fraction of sp³-hybridized carbons (Fsp3) is 0.250. The van der Waals surface area contributed by atoms with Crippen LogP contribution < -0.4 is 0 Å². The third kappa shape index (κ3) is 5.99. The van der Waals surface area contributed by atoms with Crippen molar-refractivity contribution in [3.8, 4) is 0 Å². The summed E-state index contributed by atoms with van der Waals surface area (Å²) in [6.07, 6.45) is 1.70. The zero-order valence-corrected chi connectivity index (χ0v) is 5.04. The first kappa shape index (κ1) is 6.99. The zero-order valence-electron chi connectivity index (χ0n) is 3.53. The summed E-state index contributed by atoms with van der Waals surface area (Å²) in [6.45, 7) is 0. The molecular weight excluding hydrogens is 135 g/mol. The maximum atomic E-state index is 9.86. The number of carbonyl (C=O) groups is 1. The van der Waals surface area contributed by atoms with E-state index < -0.39 is 5.24 Å². The summed E-state index contributed by atoms with van der Waals surface area (Å²) in [4.78, 5) is 9.86. The second-order valence-electron chi connectivity index (χ2n) is 0.921. The molecule has 0 N–H and O–H groups in total. The fourth-order valence-electron chi connectivity index (χ4n) is 0.137. The molecule has 7 heavy (non-hydrogen) atoms. The summed E-state index contributed by atoms with van der Waals surface area (Å²) in [5.74, 6) is 0. The van der Waals surface area contributed by atoms with Gasteiger partial charge >= 0.3 is 0 Å². The molecule has 0 amide bonds. The van der Waals surface area contributed by atoms with Crippen LogP contribution in [0.2, 0.25) is 0 Å². The van der Waals surface area contributed by atoms with Crippen molar-refractivity contribution < 1.29 is 4.79 Å². The summed E-state index contributed by atoms with van der Waals surface area (Å²) in [5.41, 5.74) is 1.26. The molecule has 0 aromatic heterocycles. The normalized spacial score (nSPS) is 10.0. The molecule has 0 unspecified atom stereocenters. The maximum Gasteiger partial charge on any atom is 0.225 e. The lowest BCUT2D eigenvalue weighted by Crippen LogP contribution is -1.77. The van der Waals surface area contributed by atoms with Crippen LogP contribution >= 0.6 is 23.2 Å². The highest BCUT2D eigenvalue weighted by molar-refractivity contribution is 6.63. The van der Waals surface area contributed by atoms with Crippen molar-refractivity contribution in [1.29, 1.82) is 0 Å². The smallest absolute Gasteiger partial charge is 0.225 e. The first-order valence-corrected chi connectivity index (χ1v) is 2.52. The van der Waals surface area contributed by atoms with E-state index in [9.17, 15) is 4.79 Å². The van der Waals surface area contributed by atoms with E-state index in [1.165, 1.54) is 11.6 Å². The van der Waals surface area contributed by atoms with Gasteiger partial charge in [-0.05, 0) is 11.6 Å². The second-order valence-corrected chi connectivity index (χ2v) is 1.59. The van der Waals surface area contributed by atoms with Crippen molar-refractivity contribution in [1.82, 2.24) is 0 Å². The van der Waals surface area contributed by atoms with Crippen LogP contribution in [0.4, 0.5) is 0 Å². The van der Waals surface area contributed by atoms with Gasteiger partial charge in [0.25, 0.3) is 0 Å². The standard InChI is InChI=1S/C4H4Cl2O/c5-3-1-2-4(6)7/h1,3H,2H2. The minimum absolute atomic E-state index is 0.213. The van der Waals surface area contributed by atoms with Crippen molar-refractivity contribution in [2.45, 2.75) is 6.42 Å². The van der Waals surface area contributed by atoms with Gasteiger partial charge in [-0.1, -0.05) is 17.7 Å². The van der Waals surface area contributed by atoms with Crippen LogP contribution in [0.15, 0.2) is 11.6 Å². The summed E-state index contributed by atoms with van der Waals surface area (Å²) < 4.78 is 0. The van der Waals surface area contributed by atoms with Crippen LogP contribution in [0.25, 0.3) is 0 Å². The van der Waals surface area contributed by atoms with Gasteiger partial charge in [-0.25, -0.2) is 0 Å². The molecule has 0 aliphatic carbocycles. The molecule has 0 saturated heterocycles. The monoisotopic (exact) mass is 138 g/mol. The Labute approximate surface area is 51.9 Å². The topological polar surface area (TPSA) is 17.1 Å². The number of hydrogen-bond acceptors (Lipinski definition) is 1. The van der Waals surface area contributed by atoms with Gasteiger partial charge in [-0.3, -0.25) is 4.79 Å². The SMILES string of the molecule is O=C(Cl)CC=CCl. The molecule has 0 aromatic carbocycles. The average molecular weight is 139 g/mol. The molecule has 0 bridgehead atoms. The lowest BCUT2D eigenvalue weighted by Gasteiger charge is -1.74. The van der Waals surface area contributed by atoms with E-state index in [0.717, 1.165) is 0 Å². The molecule has 0 atom stereocenters. The van der Waals surface area contributed by atoms with Crippen LogP contribution in [0, 0.1) is 0 Å². The minimum Gasteiger partial charge on any atom is -0.281 e. The van der Waals surface area contributed by atoms with Gasteiger partial charge in [-0.15, -0.1) is 0 Å². The van der Waals surface area contributed by atoms with Gasteiger partial charge in [0, 0.05) is 12.0 Å². The Hall–Kier alpha value is -0.0100. The average Bonchev–Trinajstić information content (AvgIpc) is 1.61. The van der Waals surface area contributed by atoms with Crippen molar-refractivity contribution in [3.05, 3.63) is 11.6 Å². The first-order valence-electron chi connectivity index (χ1n) is 1.71. The molecule has 40 valence electrons. The molecule has 0 rings (SSSR count). The number of carbonyl (C=O) groups excluding carboxylic acids is 1. The number of hydrogen-bond donors (Lipinski definition) is 0. The fourth-order valence-corrected chi connectivity index (χ4v) is 0.315. The molecule has 0 saturated carbocycles. The van der Waals surface area contributed by atoms with Crippen LogP contribution in [0.5, 0.6) is 0 Å². The maximum absolute atomic E-state index is 9.86. The predicted molar refractivity (Wildman–Crippen MR) is 30.5 cm³/mol. The van der Waals surface area contributed by atoms with Crippen LogP contribution in [-0.2, 0) is 4.79 Å². The van der Waals surface area contributed by atoms with E-state index >= 15 is 0 Å². The minimum atomic E-state index is -0.392. The van der Waals surface area contributed by atoms with E-state index in [1.807, 2.05) is 0 Å². The van der Waals surface area contributed by atoms with Crippen molar-refractivity contribution >= 4 is 28.4 Å². The predicted octanol–water partition coefficient (Wildman–Crippen LogP) is 1.89. The summed E-state index contributed by atoms with van der Waals surface area (Å²) in [5, 5.41) is -0.392. The lowest BCUT2D eigenvalue weighted by molar-refractivity contribution is -0.110. The third-order valence-electron chi connectivity index (χ3n) is 0.367. The lowest BCUT2D eigenvalue weighted by atomic mass is 10.5. The van der Waals surface area contributed by atoms with E-state index in [-0.39, 0.29) is 6.42 Å². The number of rotatable bonds is 2. The first-order chi connectivity index (χ1) is 3.27. The molecule has 1 nitrogen and oxygen atoms in total.